The predicted octanol–water partition coefficient (Wildman–Crippen LogP) is 0.271. The van der Waals surface area contributed by atoms with E-state index in [9.17, 15) is 9.59 Å². The lowest BCUT2D eigenvalue weighted by molar-refractivity contribution is -0.144. The van der Waals surface area contributed by atoms with E-state index in [4.69, 9.17) is 9.47 Å². The van der Waals surface area contributed by atoms with Crippen molar-refractivity contribution < 1.29 is 19.1 Å². The topological polar surface area (TPSA) is 101 Å². The van der Waals surface area contributed by atoms with Crippen LogP contribution in [0.3, 0.4) is 0 Å². The van der Waals surface area contributed by atoms with Crippen LogP contribution in [0.25, 0.3) is 0 Å². The van der Waals surface area contributed by atoms with E-state index in [0.29, 0.717) is 26.2 Å². The van der Waals surface area contributed by atoms with Crippen LogP contribution in [0.1, 0.15) is 41.5 Å². The molecule has 8 nitrogen and oxygen atoms in total. The average Bonchev–Trinajstić information content (AvgIpc) is 2.64. The number of carbonyl (C=O) groups is 2. The Balaban J connectivity index is 3.11. The van der Waals surface area contributed by atoms with Gasteiger partial charge >= 0.3 is 0 Å². The number of hydrogen-bond acceptors (Lipinski definition) is 6. The van der Waals surface area contributed by atoms with Crippen LogP contribution in [0.15, 0.2) is 0 Å². The van der Waals surface area contributed by atoms with Crippen molar-refractivity contribution in [1.29, 1.82) is 0 Å². The van der Waals surface area contributed by atoms with Crippen LogP contribution in [-0.2, 0) is 19.1 Å². The molecule has 1 aliphatic heterocycles. The maximum absolute atomic E-state index is 12.9. The highest BCUT2D eigenvalue weighted by Gasteiger charge is 2.38. The van der Waals surface area contributed by atoms with Gasteiger partial charge in [0.2, 0.25) is 0 Å². The van der Waals surface area contributed by atoms with Crippen molar-refractivity contribution in [2.45, 2.75) is 64.8 Å². The van der Waals surface area contributed by atoms with Crippen molar-refractivity contribution in [2.24, 2.45) is 11.8 Å². The molecule has 8 heteroatoms. The molecule has 4 atom stereocenters. The van der Waals surface area contributed by atoms with Crippen molar-refractivity contribution in [2.75, 3.05) is 40.4 Å². The molecular weight excluding hydrogens is 360 g/mol. The third-order valence-corrected chi connectivity index (χ3v) is 5.76. The predicted molar refractivity (Wildman–Crippen MR) is 110 cm³/mol. The molecular formula is C20H40N4O4. The van der Waals surface area contributed by atoms with Crippen molar-refractivity contribution in [3.63, 3.8) is 0 Å². The lowest BCUT2D eigenvalue weighted by Gasteiger charge is -2.35. The second kappa shape index (κ2) is 10.5. The van der Waals surface area contributed by atoms with E-state index in [2.05, 4.69) is 21.3 Å². The fraction of sp³-hybridized carbons (Fsp3) is 0.900. The van der Waals surface area contributed by atoms with Crippen LogP contribution >= 0.6 is 0 Å². The van der Waals surface area contributed by atoms with Crippen LogP contribution in [0.4, 0.5) is 0 Å². The van der Waals surface area contributed by atoms with Gasteiger partial charge in [-0.1, -0.05) is 27.7 Å². The lowest BCUT2D eigenvalue weighted by Crippen LogP contribution is -2.61. The highest BCUT2D eigenvalue weighted by Crippen LogP contribution is 2.14. The van der Waals surface area contributed by atoms with E-state index in [-0.39, 0.29) is 35.7 Å². The minimum absolute atomic E-state index is 0.0995. The second-order valence-electron chi connectivity index (χ2n) is 8.78. The summed E-state index contributed by atoms with van der Waals surface area (Å²) in [6, 6.07) is -0.199. The third kappa shape index (κ3) is 6.40. The Morgan fingerprint density at radius 3 is 1.36 bits per heavy atom. The number of ether oxygens (including phenoxy) is 2. The van der Waals surface area contributed by atoms with Crippen LogP contribution in [0.5, 0.6) is 0 Å². The summed E-state index contributed by atoms with van der Waals surface area (Å²) >= 11 is 0. The summed E-state index contributed by atoms with van der Waals surface area (Å²) in [7, 11) is 3.08. The molecule has 1 aliphatic rings. The Morgan fingerprint density at radius 1 is 0.786 bits per heavy atom. The standard InChI is InChI=1S/C20H40N4O4/c1-13(2)15-9-21-11-20(6,28-8)18(26)24-16(14(3)4)10-22-12-19(5,27-7)17(25)23-15/h13-16,21-22H,9-12H2,1-8H3,(H,23,25)(H,24,26)/t15-,16-,19-,20-/m0/s1. The van der Waals surface area contributed by atoms with Crippen molar-refractivity contribution in [3.05, 3.63) is 0 Å². The van der Waals surface area contributed by atoms with Crippen LogP contribution in [0, 0.1) is 11.8 Å². The van der Waals surface area contributed by atoms with Gasteiger partial charge in [-0.05, 0) is 25.7 Å². The first-order valence-corrected chi connectivity index (χ1v) is 10.1. The number of rotatable bonds is 4. The molecule has 28 heavy (non-hydrogen) atoms. The van der Waals surface area contributed by atoms with Crippen LogP contribution in [-0.4, -0.2) is 75.5 Å². The molecule has 1 rings (SSSR count). The minimum Gasteiger partial charge on any atom is -0.367 e. The van der Waals surface area contributed by atoms with Gasteiger partial charge < -0.3 is 30.7 Å². The zero-order valence-electron chi connectivity index (χ0n) is 18.8. The van der Waals surface area contributed by atoms with Crippen molar-refractivity contribution in [1.82, 2.24) is 21.3 Å². The Morgan fingerprint density at radius 2 is 1.11 bits per heavy atom. The van der Waals surface area contributed by atoms with Crippen molar-refractivity contribution >= 4 is 11.8 Å². The molecule has 0 bridgehead atoms. The lowest BCUT2D eigenvalue weighted by atomic mass is 9.97. The number of methoxy groups -OCH3 is 2. The Labute approximate surface area is 169 Å². The summed E-state index contributed by atoms with van der Waals surface area (Å²) in [6.45, 7) is 13.5. The minimum atomic E-state index is -0.996. The summed E-state index contributed by atoms with van der Waals surface area (Å²) in [6.07, 6.45) is 0. The molecule has 0 aromatic rings. The molecule has 0 spiro atoms. The van der Waals surface area contributed by atoms with Gasteiger partial charge in [0.15, 0.2) is 11.2 Å². The van der Waals surface area contributed by atoms with Gasteiger partial charge in [0.1, 0.15) is 0 Å². The highest BCUT2D eigenvalue weighted by atomic mass is 16.5. The van der Waals surface area contributed by atoms with Crippen LogP contribution < -0.4 is 21.3 Å². The Hall–Kier alpha value is -1.22. The molecule has 0 saturated carbocycles. The fourth-order valence-electron chi connectivity index (χ4n) is 2.97. The fourth-order valence-corrected chi connectivity index (χ4v) is 2.97. The molecule has 0 radical (unpaired) electrons. The monoisotopic (exact) mass is 400 g/mol. The van der Waals surface area contributed by atoms with E-state index in [0.717, 1.165) is 0 Å². The molecule has 0 aromatic heterocycles. The summed E-state index contributed by atoms with van der Waals surface area (Å²) in [5, 5.41) is 12.8. The van der Waals surface area contributed by atoms with Crippen LogP contribution in [0.2, 0.25) is 0 Å². The quantitative estimate of drug-likeness (QED) is 0.541. The first-order chi connectivity index (χ1) is 13.0. The molecule has 164 valence electrons. The SMILES string of the molecule is CO[C@@]1(C)CNC[C@@H](C(C)C)NC(=O)[C@@](C)(OC)CNC[C@@H](C(C)C)NC1=O. The second-order valence-corrected chi connectivity index (χ2v) is 8.78. The van der Waals surface area contributed by atoms with Gasteiger partial charge in [-0.2, -0.15) is 0 Å². The molecule has 0 unspecified atom stereocenters. The first kappa shape index (κ1) is 24.8. The van der Waals surface area contributed by atoms with E-state index in [1.165, 1.54) is 0 Å². The Bertz CT molecular complexity index is 482. The first-order valence-electron chi connectivity index (χ1n) is 10.1. The van der Waals surface area contributed by atoms with Gasteiger partial charge in [0.25, 0.3) is 11.8 Å². The zero-order valence-corrected chi connectivity index (χ0v) is 18.8. The molecule has 1 heterocycles. The highest BCUT2D eigenvalue weighted by molar-refractivity contribution is 5.86. The Kier molecular flexibility index (Phi) is 9.33. The number of amides is 2. The van der Waals surface area contributed by atoms with Gasteiger partial charge in [0, 0.05) is 52.5 Å². The smallest absolute Gasteiger partial charge is 0.253 e. The maximum Gasteiger partial charge on any atom is 0.253 e. The van der Waals surface area contributed by atoms with E-state index in [1.807, 2.05) is 27.7 Å². The summed E-state index contributed by atoms with van der Waals surface area (Å²) in [5.41, 5.74) is -1.99. The maximum atomic E-state index is 12.9. The zero-order chi connectivity index (χ0) is 21.5. The van der Waals surface area contributed by atoms with E-state index in [1.54, 1.807) is 28.1 Å². The molecule has 1 fully saturated rings. The summed E-state index contributed by atoms with van der Waals surface area (Å²) in [4.78, 5) is 25.8. The average molecular weight is 401 g/mol. The number of nitrogens with one attached hydrogen (secondary N) is 4. The van der Waals surface area contributed by atoms with Gasteiger partial charge in [-0.3, -0.25) is 9.59 Å². The van der Waals surface area contributed by atoms with Crippen molar-refractivity contribution in [3.8, 4) is 0 Å². The van der Waals surface area contributed by atoms with Gasteiger partial charge in [-0.25, -0.2) is 0 Å². The molecule has 2 amide bonds. The molecule has 1 saturated heterocycles. The normalized spacial score (nSPS) is 34.1. The number of hydrogen-bond donors (Lipinski definition) is 4. The van der Waals surface area contributed by atoms with E-state index >= 15 is 0 Å². The largest absolute Gasteiger partial charge is 0.367 e. The molecule has 4 N–H and O–H groups in total. The third-order valence-electron chi connectivity index (χ3n) is 5.76. The van der Waals surface area contributed by atoms with Gasteiger partial charge in [0.05, 0.1) is 0 Å². The molecule has 0 aromatic carbocycles. The summed E-state index contributed by atoms with van der Waals surface area (Å²) in [5.74, 6) is 0.122. The summed E-state index contributed by atoms with van der Waals surface area (Å²) < 4.78 is 11.1. The van der Waals surface area contributed by atoms with E-state index < -0.39 is 11.2 Å². The van der Waals surface area contributed by atoms with Gasteiger partial charge in [-0.15, -0.1) is 0 Å². The number of carbonyl (C=O) groups excluding carboxylic acids is 2. The molecule has 0 aliphatic carbocycles.